The molecule has 2 aliphatic heterocycles. The number of para-hydroxylation sites is 2. The second-order valence-corrected chi connectivity index (χ2v) is 6.40. The van der Waals surface area contributed by atoms with E-state index in [9.17, 15) is 4.79 Å². The summed E-state index contributed by atoms with van der Waals surface area (Å²) in [6.45, 7) is 4.72. The average molecular weight is 406 g/mol. The van der Waals surface area contributed by atoms with Crippen LogP contribution in [0.3, 0.4) is 0 Å². The van der Waals surface area contributed by atoms with Gasteiger partial charge in [-0.15, -0.1) is 24.8 Å². The van der Waals surface area contributed by atoms with E-state index in [0.717, 1.165) is 63.5 Å². The maximum absolute atomic E-state index is 13.0. The Kier molecular flexibility index (Phi) is 8.96. The van der Waals surface area contributed by atoms with E-state index in [-0.39, 0.29) is 30.7 Å². The van der Waals surface area contributed by atoms with E-state index < -0.39 is 5.60 Å². The molecule has 2 fully saturated rings. The molecule has 1 amide bonds. The molecule has 2 heterocycles. The molecular weight excluding hydrogens is 377 g/mol. The summed E-state index contributed by atoms with van der Waals surface area (Å²) in [6.07, 6.45) is 1.49. The van der Waals surface area contributed by atoms with Crippen LogP contribution in [-0.4, -0.2) is 69.9 Å². The molecule has 0 radical (unpaired) electrons. The van der Waals surface area contributed by atoms with Gasteiger partial charge in [0.05, 0.1) is 12.8 Å². The van der Waals surface area contributed by atoms with E-state index in [2.05, 4.69) is 16.3 Å². The molecule has 3 rings (SSSR count). The number of hydrogen-bond donors (Lipinski definition) is 1. The minimum absolute atomic E-state index is 0. The van der Waals surface area contributed by atoms with E-state index in [1.807, 2.05) is 23.1 Å². The molecule has 1 aromatic carbocycles. The van der Waals surface area contributed by atoms with Crippen LogP contribution in [0.2, 0.25) is 0 Å². The Balaban J connectivity index is 0.00000169. The van der Waals surface area contributed by atoms with Crippen molar-refractivity contribution in [2.24, 2.45) is 0 Å². The van der Waals surface area contributed by atoms with Crippen LogP contribution in [0.1, 0.15) is 12.8 Å². The van der Waals surface area contributed by atoms with Gasteiger partial charge in [0.25, 0.3) is 5.91 Å². The molecule has 148 valence electrons. The van der Waals surface area contributed by atoms with Gasteiger partial charge in [-0.3, -0.25) is 4.79 Å². The van der Waals surface area contributed by atoms with Gasteiger partial charge in [-0.2, -0.15) is 0 Å². The van der Waals surface area contributed by atoms with Crippen molar-refractivity contribution in [3.05, 3.63) is 24.3 Å². The number of halogens is 2. The largest absolute Gasteiger partial charge is 0.495 e. The average Bonchev–Trinajstić information content (AvgIpc) is 2.68. The number of carbonyl (C=O) groups is 1. The molecule has 26 heavy (non-hydrogen) atoms. The first-order valence-corrected chi connectivity index (χ1v) is 8.63. The highest BCUT2D eigenvalue weighted by Crippen LogP contribution is 2.30. The number of nitrogens with zero attached hydrogens (tertiary/aromatic N) is 2. The lowest BCUT2D eigenvalue weighted by Gasteiger charge is -2.42. The van der Waals surface area contributed by atoms with Gasteiger partial charge >= 0.3 is 0 Å². The van der Waals surface area contributed by atoms with Crippen molar-refractivity contribution in [3.8, 4) is 5.75 Å². The van der Waals surface area contributed by atoms with Crippen molar-refractivity contribution in [2.75, 3.05) is 58.4 Å². The van der Waals surface area contributed by atoms with E-state index in [0.29, 0.717) is 0 Å². The first-order chi connectivity index (χ1) is 11.7. The van der Waals surface area contributed by atoms with E-state index in [4.69, 9.17) is 9.47 Å². The van der Waals surface area contributed by atoms with Crippen LogP contribution in [0.25, 0.3) is 0 Å². The summed E-state index contributed by atoms with van der Waals surface area (Å²) >= 11 is 0. The molecule has 0 bridgehead atoms. The fraction of sp³-hybridized carbons (Fsp3) is 0.611. The monoisotopic (exact) mass is 405 g/mol. The molecule has 1 aromatic rings. The number of rotatable bonds is 4. The summed E-state index contributed by atoms with van der Waals surface area (Å²) < 4.78 is 11.1. The maximum atomic E-state index is 13.0. The van der Waals surface area contributed by atoms with Crippen LogP contribution in [0.15, 0.2) is 24.3 Å². The lowest BCUT2D eigenvalue weighted by atomic mass is 9.90. The Morgan fingerprint density at radius 3 is 2.23 bits per heavy atom. The van der Waals surface area contributed by atoms with Crippen LogP contribution >= 0.6 is 24.8 Å². The van der Waals surface area contributed by atoms with Crippen LogP contribution in [0, 0.1) is 0 Å². The van der Waals surface area contributed by atoms with E-state index in [1.165, 1.54) is 0 Å². The Bertz CT molecular complexity index is 575. The number of methoxy groups -OCH3 is 2. The summed E-state index contributed by atoms with van der Waals surface area (Å²) in [7, 11) is 3.35. The molecule has 6 nitrogen and oxygen atoms in total. The van der Waals surface area contributed by atoms with Gasteiger partial charge in [0.2, 0.25) is 0 Å². The van der Waals surface area contributed by atoms with Crippen LogP contribution in [0.5, 0.6) is 5.75 Å². The molecule has 0 unspecified atom stereocenters. The Morgan fingerprint density at radius 2 is 1.65 bits per heavy atom. The predicted octanol–water partition coefficient (Wildman–Crippen LogP) is 1.96. The lowest BCUT2D eigenvalue weighted by molar-refractivity contribution is -0.158. The minimum atomic E-state index is -0.641. The molecule has 0 atom stereocenters. The van der Waals surface area contributed by atoms with Gasteiger partial charge in [0.15, 0.2) is 0 Å². The summed E-state index contributed by atoms with van der Waals surface area (Å²) in [5, 5.41) is 3.30. The van der Waals surface area contributed by atoms with Crippen molar-refractivity contribution in [3.63, 3.8) is 0 Å². The number of ether oxygens (including phenoxy) is 2. The Labute approximate surface area is 168 Å². The van der Waals surface area contributed by atoms with Gasteiger partial charge in [0.1, 0.15) is 11.4 Å². The lowest BCUT2D eigenvalue weighted by Crippen LogP contribution is -2.59. The van der Waals surface area contributed by atoms with Crippen LogP contribution in [-0.2, 0) is 9.53 Å². The second kappa shape index (κ2) is 10.2. The maximum Gasteiger partial charge on any atom is 0.255 e. The SMILES string of the molecule is COc1ccccc1N1CCN(C(=O)C2(OC)CCNCC2)CC1.Cl.Cl. The number of nitrogens with one attached hydrogen (secondary N) is 1. The molecule has 0 saturated carbocycles. The number of carbonyl (C=O) groups excluding carboxylic acids is 1. The quantitative estimate of drug-likeness (QED) is 0.829. The Morgan fingerprint density at radius 1 is 1.04 bits per heavy atom. The highest BCUT2D eigenvalue weighted by Gasteiger charge is 2.43. The standard InChI is InChI=1S/C18H27N3O3.2ClH/c1-23-16-6-4-3-5-15(16)20-11-13-21(14-12-20)17(22)18(24-2)7-9-19-10-8-18;;/h3-6,19H,7-14H2,1-2H3;2*1H. The van der Waals surface area contributed by atoms with Gasteiger partial charge in [-0.05, 0) is 38.1 Å². The molecule has 0 aliphatic carbocycles. The van der Waals surface area contributed by atoms with Gasteiger partial charge in [-0.25, -0.2) is 0 Å². The van der Waals surface area contributed by atoms with Crippen molar-refractivity contribution in [2.45, 2.75) is 18.4 Å². The van der Waals surface area contributed by atoms with Crippen LogP contribution in [0.4, 0.5) is 5.69 Å². The zero-order valence-electron chi connectivity index (χ0n) is 15.4. The van der Waals surface area contributed by atoms with E-state index >= 15 is 0 Å². The van der Waals surface area contributed by atoms with Crippen molar-refractivity contribution in [1.29, 1.82) is 0 Å². The molecule has 1 N–H and O–H groups in total. The minimum Gasteiger partial charge on any atom is -0.495 e. The first-order valence-electron chi connectivity index (χ1n) is 8.63. The fourth-order valence-electron chi connectivity index (χ4n) is 3.67. The molecule has 2 aliphatic rings. The number of benzene rings is 1. The number of anilines is 1. The number of piperazine rings is 1. The summed E-state index contributed by atoms with van der Waals surface area (Å²) in [6, 6.07) is 8.04. The third-order valence-electron chi connectivity index (χ3n) is 5.18. The zero-order valence-corrected chi connectivity index (χ0v) is 17.0. The second-order valence-electron chi connectivity index (χ2n) is 6.40. The summed E-state index contributed by atoms with van der Waals surface area (Å²) in [4.78, 5) is 17.2. The predicted molar refractivity (Wildman–Crippen MR) is 108 cm³/mol. The number of amides is 1. The van der Waals surface area contributed by atoms with Crippen molar-refractivity contribution >= 4 is 36.4 Å². The third-order valence-corrected chi connectivity index (χ3v) is 5.18. The normalized spacial score (nSPS) is 19.2. The summed E-state index contributed by atoms with van der Waals surface area (Å²) in [5.74, 6) is 1.02. The molecule has 0 spiro atoms. The molecule has 8 heteroatoms. The topological polar surface area (TPSA) is 54.0 Å². The highest BCUT2D eigenvalue weighted by molar-refractivity contribution is 5.86. The molecular formula is C18H29Cl2N3O3. The Hall–Kier alpha value is -1.21. The van der Waals surface area contributed by atoms with Gasteiger partial charge < -0.3 is 24.6 Å². The number of piperidine rings is 1. The molecule has 0 aromatic heterocycles. The zero-order chi connectivity index (χ0) is 17.0. The summed E-state index contributed by atoms with van der Waals surface area (Å²) in [5.41, 5.74) is 0.452. The first kappa shape index (κ1) is 22.8. The smallest absolute Gasteiger partial charge is 0.255 e. The number of hydrogen-bond acceptors (Lipinski definition) is 5. The third kappa shape index (κ3) is 4.55. The fourth-order valence-corrected chi connectivity index (χ4v) is 3.67. The highest BCUT2D eigenvalue weighted by atomic mass is 35.5. The van der Waals surface area contributed by atoms with E-state index in [1.54, 1.807) is 14.2 Å². The molecule has 2 saturated heterocycles. The van der Waals surface area contributed by atoms with Crippen molar-refractivity contribution in [1.82, 2.24) is 10.2 Å². The van der Waals surface area contributed by atoms with Gasteiger partial charge in [0, 0.05) is 33.3 Å². The van der Waals surface area contributed by atoms with Gasteiger partial charge in [-0.1, -0.05) is 12.1 Å². The van der Waals surface area contributed by atoms with Crippen molar-refractivity contribution < 1.29 is 14.3 Å². The van der Waals surface area contributed by atoms with Crippen LogP contribution < -0.4 is 15.0 Å².